The van der Waals surface area contributed by atoms with Gasteiger partial charge in [0.1, 0.15) is 0 Å². The van der Waals surface area contributed by atoms with Gasteiger partial charge in [-0.15, -0.1) is 11.8 Å². The first-order valence-corrected chi connectivity index (χ1v) is 9.51. The Bertz CT molecular complexity index is 507. The Balaban J connectivity index is 1.73. The Morgan fingerprint density at radius 1 is 1.32 bits per heavy atom. The number of benzene rings is 1. The molecule has 0 spiro atoms. The fourth-order valence-corrected chi connectivity index (χ4v) is 3.42. The number of hydrogen-bond acceptors (Lipinski definition) is 4. The summed E-state index contributed by atoms with van der Waals surface area (Å²) in [5, 5.41) is 3.53. The molecule has 5 heteroatoms. The van der Waals surface area contributed by atoms with Crippen LogP contribution in [0.2, 0.25) is 0 Å². The molecule has 3 nitrogen and oxygen atoms in total. The van der Waals surface area contributed by atoms with Crippen molar-refractivity contribution in [2.45, 2.75) is 35.6 Å². The lowest BCUT2D eigenvalue weighted by molar-refractivity contribution is 0.514. The Morgan fingerprint density at radius 2 is 1.95 bits per heavy atom. The molecule has 0 radical (unpaired) electrons. The molecule has 0 amide bonds. The van der Waals surface area contributed by atoms with Crippen LogP contribution in [-0.4, -0.2) is 33.0 Å². The van der Waals surface area contributed by atoms with Gasteiger partial charge in [0.15, 0.2) is 9.84 Å². The highest BCUT2D eigenvalue weighted by Crippen LogP contribution is 2.32. The minimum atomic E-state index is -3.08. The van der Waals surface area contributed by atoms with Gasteiger partial charge in [0, 0.05) is 29.5 Å². The maximum absolute atomic E-state index is 11.3. The fourth-order valence-electron chi connectivity index (χ4n) is 2.00. The van der Waals surface area contributed by atoms with E-state index in [1.165, 1.54) is 19.1 Å². The van der Waals surface area contributed by atoms with Crippen LogP contribution < -0.4 is 5.32 Å². The summed E-state index contributed by atoms with van der Waals surface area (Å²) in [6.45, 7) is 3.25. The summed E-state index contributed by atoms with van der Waals surface area (Å²) < 4.78 is 22.7. The second-order valence-corrected chi connectivity index (χ2v) is 8.36. The number of hydrogen-bond donors (Lipinski definition) is 1. The van der Waals surface area contributed by atoms with E-state index in [0.717, 1.165) is 23.1 Å². The molecule has 106 valence electrons. The van der Waals surface area contributed by atoms with Crippen LogP contribution in [0.25, 0.3) is 0 Å². The smallest absolute Gasteiger partial charge is 0.175 e. The molecule has 0 heterocycles. The third-order valence-electron chi connectivity index (χ3n) is 3.42. The molecule has 0 bridgehead atoms. The van der Waals surface area contributed by atoms with E-state index in [1.54, 1.807) is 23.9 Å². The summed E-state index contributed by atoms with van der Waals surface area (Å²) in [5.74, 6) is 1.90. The van der Waals surface area contributed by atoms with Crippen molar-refractivity contribution in [1.82, 2.24) is 5.32 Å². The molecule has 0 aliphatic heterocycles. The van der Waals surface area contributed by atoms with Crippen molar-refractivity contribution in [2.24, 2.45) is 5.92 Å². The molecule has 0 aromatic heterocycles. The predicted molar refractivity (Wildman–Crippen MR) is 80.5 cm³/mol. The number of rotatable bonds is 7. The third-order valence-corrected chi connectivity index (χ3v) is 5.56. The molecule has 1 saturated carbocycles. The Kier molecular flexibility index (Phi) is 4.92. The molecule has 1 aliphatic carbocycles. The van der Waals surface area contributed by atoms with E-state index in [4.69, 9.17) is 0 Å². The van der Waals surface area contributed by atoms with Crippen molar-refractivity contribution < 1.29 is 8.42 Å². The van der Waals surface area contributed by atoms with Gasteiger partial charge < -0.3 is 5.32 Å². The number of sulfone groups is 1. The van der Waals surface area contributed by atoms with Crippen LogP contribution in [-0.2, 0) is 9.84 Å². The van der Waals surface area contributed by atoms with Crippen molar-refractivity contribution in [2.75, 3.05) is 18.6 Å². The average Bonchev–Trinajstić information content (AvgIpc) is 3.18. The molecular formula is C14H21NO2S2. The second-order valence-electron chi connectivity index (χ2n) is 5.17. The van der Waals surface area contributed by atoms with Gasteiger partial charge >= 0.3 is 0 Å². The van der Waals surface area contributed by atoms with Gasteiger partial charge in [-0.05, 0) is 49.9 Å². The Hall–Kier alpha value is -0.520. The summed E-state index contributed by atoms with van der Waals surface area (Å²) in [4.78, 5) is 1.51. The van der Waals surface area contributed by atoms with E-state index in [-0.39, 0.29) is 0 Å². The van der Waals surface area contributed by atoms with Crippen LogP contribution in [0, 0.1) is 5.92 Å². The normalized spacial score (nSPS) is 17.4. The van der Waals surface area contributed by atoms with Crippen molar-refractivity contribution >= 4 is 21.6 Å². The highest BCUT2D eigenvalue weighted by atomic mass is 32.2. The van der Waals surface area contributed by atoms with Crippen molar-refractivity contribution in [1.29, 1.82) is 0 Å². The lowest BCUT2D eigenvalue weighted by Crippen LogP contribution is -2.29. The zero-order valence-corrected chi connectivity index (χ0v) is 13.1. The SMILES string of the molecule is CC(NCCSc1ccc(S(C)(=O)=O)cc1)C1CC1. The average molecular weight is 299 g/mol. The Labute approximate surface area is 120 Å². The van der Waals surface area contributed by atoms with E-state index < -0.39 is 9.84 Å². The van der Waals surface area contributed by atoms with E-state index in [1.807, 2.05) is 12.1 Å². The number of nitrogens with one attached hydrogen (secondary N) is 1. The van der Waals surface area contributed by atoms with E-state index >= 15 is 0 Å². The summed E-state index contributed by atoms with van der Waals surface area (Å²) in [7, 11) is -3.08. The number of thioether (sulfide) groups is 1. The first kappa shape index (κ1) is 14.9. The van der Waals surface area contributed by atoms with Gasteiger partial charge in [-0.3, -0.25) is 0 Å². The highest BCUT2D eigenvalue weighted by Gasteiger charge is 2.27. The van der Waals surface area contributed by atoms with Crippen LogP contribution in [0.3, 0.4) is 0 Å². The standard InChI is InChI=1S/C14H21NO2S2/c1-11(12-3-4-12)15-9-10-18-13-5-7-14(8-6-13)19(2,16)17/h5-8,11-12,15H,3-4,9-10H2,1-2H3. The summed E-state index contributed by atoms with van der Waals surface area (Å²) in [5.41, 5.74) is 0. The highest BCUT2D eigenvalue weighted by molar-refractivity contribution is 7.99. The van der Waals surface area contributed by atoms with Gasteiger partial charge in [0.05, 0.1) is 4.90 Å². The minimum Gasteiger partial charge on any atom is -0.313 e. The topological polar surface area (TPSA) is 46.2 Å². The predicted octanol–water partition coefficient (Wildman–Crippen LogP) is 2.57. The molecule has 1 aromatic carbocycles. The van der Waals surface area contributed by atoms with Crippen molar-refractivity contribution in [3.63, 3.8) is 0 Å². The summed E-state index contributed by atoms with van der Waals surface area (Å²) >= 11 is 1.76. The van der Waals surface area contributed by atoms with Crippen LogP contribution >= 0.6 is 11.8 Å². The zero-order chi connectivity index (χ0) is 13.9. The summed E-state index contributed by atoms with van der Waals surface area (Å²) in [6, 6.07) is 7.75. The third kappa shape index (κ3) is 4.82. The first-order chi connectivity index (χ1) is 8.97. The van der Waals surface area contributed by atoms with Crippen molar-refractivity contribution in [3.05, 3.63) is 24.3 Å². The summed E-state index contributed by atoms with van der Waals surface area (Å²) in [6.07, 6.45) is 3.97. The molecule has 0 saturated heterocycles. The van der Waals surface area contributed by atoms with Crippen molar-refractivity contribution in [3.8, 4) is 0 Å². The second kappa shape index (κ2) is 6.29. The maximum Gasteiger partial charge on any atom is 0.175 e. The molecule has 1 unspecified atom stereocenters. The lowest BCUT2D eigenvalue weighted by atomic mass is 10.2. The molecule has 1 atom stereocenters. The van der Waals surface area contributed by atoms with Crippen LogP contribution in [0.5, 0.6) is 0 Å². The molecule has 19 heavy (non-hydrogen) atoms. The molecule has 1 aliphatic rings. The quantitative estimate of drug-likeness (QED) is 0.621. The van der Waals surface area contributed by atoms with E-state index in [0.29, 0.717) is 10.9 Å². The minimum absolute atomic E-state index is 0.386. The molecule has 1 aromatic rings. The van der Waals surface area contributed by atoms with Gasteiger partial charge in [0.25, 0.3) is 0 Å². The van der Waals surface area contributed by atoms with Gasteiger partial charge in [0.2, 0.25) is 0 Å². The fraction of sp³-hybridized carbons (Fsp3) is 0.571. The van der Waals surface area contributed by atoms with Crippen LogP contribution in [0.1, 0.15) is 19.8 Å². The maximum atomic E-state index is 11.3. The molecular weight excluding hydrogens is 278 g/mol. The Morgan fingerprint density at radius 3 is 2.47 bits per heavy atom. The molecule has 2 rings (SSSR count). The van der Waals surface area contributed by atoms with Gasteiger partial charge in [-0.2, -0.15) is 0 Å². The monoisotopic (exact) mass is 299 g/mol. The zero-order valence-electron chi connectivity index (χ0n) is 11.4. The van der Waals surface area contributed by atoms with E-state index in [9.17, 15) is 8.42 Å². The molecule has 1 fully saturated rings. The molecule has 1 N–H and O–H groups in total. The van der Waals surface area contributed by atoms with Crippen LogP contribution in [0.4, 0.5) is 0 Å². The van der Waals surface area contributed by atoms with E-state index in [2.05, 4.69) is 12.2 Å². The lowest BCUT2D eigenvalue weighted by Gasteiger charge is -2.12. The van der Waals surface area contributed by atoms with Gasteiger partial charge in [-0.25, -0.2) is 8.42 Å². The van der Waals surface area contributed by atoms with Crippen LogP contribution in [0.15, 0.2) is 34.1 Å². The largest absolute Gasteiger partial charge is 0.313 e. The van der Waals surface area contributed by atoms with Gasteiger partial charge in [-0.1, -0.05) is 0 Å². The first-order valence-electron chi connectivity index (χ1n) is 6.63.